The summed E-state index contributed by atoms with van der Waals surface area (Å²) in [5.74, 6) is -1.19. The summed E-state index contributed by atoms with van der Waals surface area (Å²) >= 11 is 1.52. The first kappa shape index (κ1) is 26.5. The maximum atomic E-state index is 12.8. The third kappa shape index (κ3) is 7.97. The third-order valence-corrected chi connectivity index (χ3v) is 6.57. The Labute approximate surface area is 209 Å². The summed E-state index contributed by atoms with van der Waals surface area (Å²) in [6.45, 7) is 1.11. The second kappa shape index (κ2) is 13.1. The van der Waals surface area contributed by atoms with E-state index >= 15 is 0 Å². The largest absolute Gasteiger partial charge is 0.480 e. The minimum atomic E-state index is -1.06. The molecule has 35 heavy (non-hydrogen) atoms. The lowest BCUT2D eigenvalue weighted by Crippen LogP contribution is -2.48. The molecule has 1 aliphatic heterocycles. The fourth-order valence-electron chi connectivity index (χ4n) is 4.09. The molecule has 1 fully saturated rings. The molecule has 1 saturated heterocycles. The molecule has 3 amide bonds. The van der Waals surface area contributed by atoms with Crippen molar-refractivity contribution in [3.63, 3.8) is 0 Å². The highest BCUT2D eigenvalue weighted by molar-refractivity contribution is 7.98. The fraction of sp³-hybridized carbons (Fsp3) is 0.440. The Morgan fingerprint density at radius 1 is 1.20 bits per heavy atom. The van der Waals surface area contributed by atoms with Crippen LogP contribution in [0.4, 0.5) is 0 Å². The first-order chi connectivity index (χ1) is 16.9. The van der Waals surface area contributed by atoms with Crippen molar-refractivity contribution in [2.24, 2.45) is 0 Å². The number of carboxylic acids is 1. The van der Waals surface area contributed by atoms with Crippen LogP contribution in [0, 0.1) is 0 Å². The van der Waals surface area contributed by atoms with Gasteiger partial charge in [-0.3, -0.25) is 19.3 Å². The number of carbonyl (C=O) groups excluding carboxylic acids is 3. The van der Waals surface area contributed by atoms with Gasteiger partial charge in [-0.15, -0.1) is 0 Å². The van der Waals surface area contributed by atoms with Crippen LogP contribution < -0.4 is 16.0 Å². The summed E-state index contributed by atoms with van der Waals surface area (Å²) in [5.41, 5.74) is 1.03. The minimum absolute atomic E-state index is 0.0116. The molecule has 10 heteroatoms. The Bertz CT molecular complexity index is 1060. The molecule has 1 heterocycles. The molecule has 0 aromatic heterocycles. The van der Waals surface area contributed by atoms with Crippen LogP contribution in [0.3, 0.4) is 0 Å². The van der Waals surface area contributed by atoms with Gasteiger partial charge in [-0.2, -0.15) is 11.8 Å². The zero-order chi connectivity index (χ0) is 25.2. The predicted molar refractivity (Wildman–Crippen MR) is 136 cm³/mol. The summed E-state index contributed by atoms with van der Waals surface area (Å²) in [6, 6.07) is 12.5. The van der Waals surface area contributed by atoms with E-state index in [0.29, 0.717) is 38.1 Å². The smallest absolute Gasteiger partial charge is 0.326 e. The van der Waals surface area contributed by atoms with E-state index < -0.39 is 18.1 Å². The van der Waals surface area contributed by atoms with Crippen LogP contribution in [0.25, 0.3) is 10.8 Å². The summed E-state index contributed by atoms with van der Waals surface area (Å²) in [6.07, 6.45) is 3.04. The topological polar surface area (TPSA) is 128 Å². The Balaban J connectivity index is 1.66. The van der Waals surface area contributed by atoms with Gasteiger partial charge in [0.15, 0.2) is 0 Å². The summed E-state index contributed by atoms with van der Waals surface area (Å²) in [7, 11) is 0. The lowest BCUT2D eigenvalue weighted by Gasteiger charge is -2.24. The number of carboxylic acid groups (broad SMARTS) is 1. The summed E-state index contributed by atoms with van der Waals surface area (Å²) < 4.78 is 0. The Hall–Kier alpha value is -3.11. The van der Waals surface area contributed by atoms with Crippen LogP contribution in [-0.2, 0) is 25.7 Å². The van der Waals surface area contributed by atoms with Crippen molar-refractivity contribution in [3.05, 3.63) is 48.0 Å². The normalized spacial score (nSPS) is 16.2. The van der Waals surface area contributed by atoms with Crippen molar-refractivity contribution < 1.29 is 24.3 Å². The number of rotatable bonds is 13. The molecule has 0 saturated carbocycles. The standard InChI is InChI=1S/C25H32N4O5S/c1-35-14-11-21(25(33)34)28-23(31)16-29(13-12-26-24(32)20-9-10-22(30)27-20)15-18-7-4-6-17-5-2-3-8-19(17)18/h2-8,20-21H,9-16H2,1H3,(H,26,32)(H,27,30)(H,28,31)(H,33,34)/t20?,21-/m0/s1. The number of carbonyl (C=O) groups is 4. The fourth-order valence-corrected chi connectivity index (χ4v) is 4.56. The molecule has 0 spiro atoms. The van der Waals surface area contributed by atoms with Gasteiger partial charge in [0.2, 0.25) is 17.7 Å². The third-order valence-electron chi connectivity index (χ3n) is 5.92. The molecule has 0 radical (unpaired) electrons. The van der Waals surface area contributed by atoms with E-state index in [4.69, 9.17) is 0 Å². The van der Waals surface area contributed by atoms with E-state index in [-0.39, 0.29) is 30.8 Å². The van der Waals surface area contributed by atoms with Crippen molar-refractivity contribution in [1.82, 2.24) is 20.9 Å². The first-order valence-corrected chi connectivity index (χ1v) is 13.0. The van der Waals surface area contributed by atoms with Gasteiger partial charge in [0.05, 0.1) is 6.54 Å². The molecule has 2 atom stereocenters. The molecule has 4 N–H and O–H groups in total. The Morgan fingerprint density at radius 2 is 1.97 bits per heavy atom. The van der Waals surface area contributed by atoms with E-state index in [2.05, 4.69) is 16.0 Å². The second-order valence-corrected chi connectivity index (χ2v) is 9.52. The van der Waals surface area contributed by atoms with Crippen molar-refractivity contribution in [2.75, 3.05) is 31.6 Å². The highest BCUT2D eigenvalue weighted by atomic mass is 32.2. The zero-order valence-electron chi connectivity index (χ0n) is 19.8. The lowest BCUT2D eigenvalue weighted by molar-refractivity contribution is -0.142. The number of hydrogen-bond acceptors (Lipinski definition) is 6. The van der Waals surface area contributed by atoms with E-state index in [1.54, 1.807) is 0 Å². The van der Waals surface area contributed by atoms with Gasteiger partial charge in [0, 0.05) is 26.1 Å². The van der Waals surface area contributed by atoms with Gasteiger partial charge < -0.3 is 21.1 Å². The van der Waals surface area contributed by atoms with Crippen LogP contribution in [0.1, 0.15) is 24.8 Å². The molecular weight excluding hydrogens is 468 g/mol. The van der Waals surface area contributed by atoms with Crippen molar-refractivity contribution in [1.29, 1.82) is 0 Å². The number of hydrogen-bond donors (Lipinski definition) is 4. The molecule has 0 bridgehead atoms. The highest BCUT2D eigenvalue weighted by Gasteiger charge is 2.27. The van der Waals surface area contributed by atoms with Crippen molar-refractivity contribution in [3.8, 4) is 0 Å². The van der Waals surface area contributed by atoms with Gasteiger partial charge >= 0.3 is 5.97 Å². The SMILES string of the molecule is CSCC[C@H](NC(=O)CN(CCNC(=O)C1CCC(=O)N1)Cc1cccc2ccccc12)C(=O)O. The van der Waals surface area contributed by atoms with E-state index in [9.17, 15) is 24.3 Å². The number of amides is 3. The minimum Gasteiger partial charge on any atom is -0.480 e. The monoisotopic (exact) mass is 500 g/mol. The van der Waals surface area contributed by atoms with Crippen LogP contribution in [-0.4, -0.2) is 77.4 Å². The van der Waals surface area contributed by atoms with Gasteiger partial charge in [-0.1, -0.05) is 42.5 Å². The molecule has 188 valence electrons. The molecule has 0 aliphatic carbocycles. The number of nitrogens with one attached hydrogen (secondary N) is 3. The number of nitrogens with zero attached hydrogens (tertiary/aromatic N) is 1. The number of fused-ring (bicyclic) bond motifs is 1. The van der Waals surface area contributed by atoms with Crippen LogP contribution in [0.5, 0.6) is 0 Å². The van der Waals surface area contributed by atoms with Gasteiger partial charge in [-0.05, 0) is 41.2 Å². The lowest BCUT2D eigenvalue weighted by atomic mass is 10.0. The quantitative estimate of drug-likeness (QED) is 0.327. The van der Waals surface area contributed by atoms with Gasteiger partial charge in [-0.25, -0.2) is 4.79 Å². The molecular formula is C25H32N4O5S. The van der Waals surface area contributed by atoms with Crippen LogP contribution >= 0.6 is 11.8 Å². The molecule has 9 nitrogen and oxygen atoms in total. The van der Waals surface area contributed by atoms with Crippen LogP contribution in [0.2, 0.25) is 0 Å². The maximum absolute atomic E-state index is 12.8. The molecule has 2 aromatic rings. The molecule has 2 aromatic carbocycles. The molecule has 1 aliphatic rings. The zero-order valence-corrected chi connectivity index (χ0v) is 20.6. The summed E-state index contributed by atoms with van der Waals surface area (Å²) in [4.78, 5) is 49.9. The van der Waals surface area contributed by atoms with Crippen LogP contribution in [0.15, 0.2) is 42.5 Å². The second-order valence-electron chi connectivity index (χ2n) is 8.54. The van der Waals surface area contributed by atoms with Gasteiger partial charge in [0.25, 0.3) is 0 Å². The maximum Gasteiger partial charge on any atom is 0.326 e. The number of benzene rings is 2. The van der Waals surface area contributed by atoms with Crippen molar-refractivity contribution >= 4 is 46.2 Å². The van der Waals surface area contributed by atoms with E-state index in [1.807, 2.05) is 53.6 Å². The van der Waals surface area contributed by atoms with Crippen molar-refractivity contribution in [2.45, 2.75) is 37.9 Å². The summed E-state index contributed by atoms with van der Waals surface area (Å²) in [5, 5.41) is 19.7. The average Bonchev–Trinajstić information content (AvgIpc) is 3.28. The molecule has 3 rings (SSSR count). The van der Waals surface area contributed by atoms with Gasteiger partial charge in [0.1, 0.15) is 12.1 Å². The highest BCUT2D eigenvalue weighted by Crippen LogP contribution is 2.20. The van der Waals surface area contributed by atoms with E-state index in [0.717, 1.165) is 16.3 Å². The van der Waals surface area contributed by atoms with E-state index in [1.165, 1.54) is 11.8 Å². The predicted octanol–water partition coefficient (Wildman–Crippen LogP) is 1.36. The average molecular weight is 501 g/mol. The Kier molecular flexibility index (Phi) is 9.92. The first-order valence-electron chi connectivity index (χ1n) is 11.6. The molecule has 1 unspecified atom stereocenters. The number of thioether (sulfide) groups is 1. The number of aliphatic carboxylic acids is 1. The Morgan fingerprint density at radius 3 is 2.69 bits per heavy atom.